The van der Waals surface area contributed by atoms with Crippen molar-refractivity contribution in [3.05, 3.63) is 24.3 Å². The molecule has 1 aliphatic heterocycles. The molecule has 0 bridgehead atoms. The lowest BCUT2D eigenvalue weighted by Gasteiger charge is -2.30. The number of nitrogens with two attached hydrogens (primary N) is 2. The van der Waals surface area contributed by atoms with Crippen LogP contribution in [-0.2, 0) is 19.6 Å². The average molecular weight is 382 g/mol. The number of benzene rings is 1. The SMILES string of the molecule is CN(CC(C)(C)CN)C(=O)C1CC(=O)N(c2cccc(S(N)(=O)=O)c2)C1. The summed E-state index contributed by atoms with van der Waals surface area (Å²) >= 11 is 0. The first kappa shape index (κ1) is 20.3. The maximum Gasteiger partial charge on any atom is 0.238 e. The van der Waals surface area contributed by atoms with E-state index in [-0.39, 0.29) is 35.1 Å². The van der Waals surface area contributed by atoms with Gasteiger partial charge in [0.25, 0.3) is 0 Å². The van der Waals surface area contributed by atoms with E-state index in [1.54, 1.807) is 18.0 Å². The van der Waals surface area contributed by atoms with Crippen LogP contribution in [-0.4, -0.2) is 51.8 Å². The minimum atomic E-state index is -3.86. The van der Waals surface area contributed by atoms with Crippen LogP contribution in [0.15, 0.2) is 29.2 Å². The van der Waals surface area contributed by atoms with E-state index in [1.807, 2.05) is 13.8 Å². The number of hydrogen-bond donors (Lipinski definition) is 2. The third kappa shape index (κ3) is 4.60. The van der Waals surface area contributed by atoms with Crippen molar-refractivity contribution in [1.29, 1.82) is 0 Å². The van der Waals surface area contributed by atoms with Gasteiger partial charge in [-0.15, -0.1) is 0 Å². The number of rotatable bonds is 6. The van der Waals surface area contributed by atoms with Crippen LogP contribution in [0.4, 0.5) is 5.69 Å². The maximum atomic E-state index is 12.7. The van der Waals surface area contributed by atoms with Gasteiger partial charge in [-0.25, -0.2) is 13.6 Å². The van der Waals surface area contributed by atoms with E-state index in [9.17, 15) is 18.0 Å². The van der Waals surface area contributed by atoms with Crippen molar-refractivity contribution < 1.29 is 18.0 Å². The van der Waals surface area contributed by atoms with E-state index in [0.717, 1.165) is 0 Å². The second-order valence-corrected chi connectivity index (χ2v) is 9.07. The molecule has 9 heteroatoms. The van der Waals surface area contributed by atoms with Gasteiger partial charge in [-0.05, 0) is 30.2 Å². The zero-order chi connectivity index (χ0) is 19.7. The minimum Gasteiger partial charge on any atom is -0.345 e. The monoisotopic (exact) mass is 382 g/mol. The van der Waals surface area contributed by atoms with Crippen LogP contribution in [0.1, 0.15) is 20.3 Å². The fourth-order valence-electron chi connectivity index (χ4n) is 3.05. The van der Waals surface area contributed by atoms with Gasteiger partial charge in [-0.1, -0.05) is 19.9 Å². The summed E-state index contributed by atoms with van der Waals surface area (Å²) in [5.74, 6) is -0.814. The van der Waals surface area contributed by atoms with E-state index in [4.69, 9.17) is 10.9 Å². The number of carbonyl (C=O) groups is 2. The van der Waals surface area contributed by atoms with Gasteiger partial charge in [-0.3, -0.25) is 9.59 Å². The summed E-state index contributed by atoms with van der Waals surface area (Å²) in [4.78, 5) is 28.0. The summed E-state index contributed by atoms with van der Waals surface area (Å²) in [6, 6.07) is 5.86. The number of nitrogens with zero attached hydrogens (tertiary/aromatic N) is 2. The lowest BCUT2D eigenvalue weighted by atomic mass is 9.92. The predicted molar refractivity (Wildman–Crippen MR) is 98.7 cm³/mol. The molecule has 26 heavy (non-hydrogen) atoms. The van der Waals surface area contributed by atoms with Gasteiger partial charge < -0.3 is 15.5 Å². The quantitative estimate of drug-likeness (QED) is 0.723. The molecule has 8 nitrogen and oxygen atoms in total. The molecule has 1 aliphatic rings. The Morgan fingerprint density at radius 2 is 2.04 bits per heavy atom. The molecule has 4 N–H and O–H groups in total. The number of carbonyl (C=O) groups excluding carboxylic acids is 2. The Labute approximate surface area is 154 Å². The molecule has 1 aromatic carbocycles. The molecular weight excluding hydrogens is 356 g/mol. The normalized spacial score (nSPS) is 18.3. The third-order valence-corrected chi connectivity index (χ3v) is 5.44. The summed E-state index contributed by atoms with van der Waals surface area (Å²) in [7, 11) is -2.16. The first-order chi connectivity index (χ1) is 11.9. The number of amides is 2. The molecule has 2 rings (SSSR count). The topological polar surface area (TPSA) is 127 Å². The van der Waals surface area contributed by atoms with E-state index in [0.29, 0.717) is 18.8 Å². The van der Waals surface area contributed by atoms with E-state index in [2.05, 4.69) is 0 Å². The molecule has 0 aliphatic carbocycles. The van der Waals surface area contributed by atoms with E-state index >= 15 is 0 Å². The summed E-state index contributed by atoms with van der Waals surface area (Å²) in [6.45, 7) is 5.09. The van der Waals surface area contributed by atoms with Gasteiger partial charge in [0.2, 0.25) is 21.8 Å². The molecule has 0 aromatic heterocycles. The molecule has 1 saturated heterocycles. The smallest absolute Gasteiger partial charge is 0.238 e. The largest absolute Gasteiger partial charge is 0.345 e. The standard InChI is InChI=1S/C17H26N4O4S/c1-17(2,10-18)11-20(3)16(23)12-7-15(22)21(9-12)13-5-4-6-14(8-13)26(19,24)25/h4-6,8,12H,7,9-11,18H2,1-3H3,(H2,19,24,25). The second kappa shape index (κ2) is 7.34. The van der Waals surface area contributed by atoms with Gasteiger partial charge in [0.15, 0.2) is 0 Å². The van der Waals surface area contributed by atoms with Crippen LogP contribution in [0.5, 0.6) is 0 Å². The molecule has 0 spiro atoms. The average Bonchev–Trinajstić information content (AvgIpc) is 2.95. The van der Waals surface area contributed by atoms with Crippen LogP contribution in [0, 0.1) is 11.3 Å². The third-order valence-electron chi connectivity index (χ3n) is 4.53. The lowest BCUT2D eigenvalue weighted by molar-refractivity contribution is -0.135. The Balaban J connectivity index is 2.15. The first-order valence-corrected chi connectivity index (χ1v) is 9.87. The summed E-state index contributed by atoms with van der Waals surface area (Å²) in [5.41, 5.74) is 5.92. The van der Waals surface area contributed by atoms with Crippen LogP contribution >= 0.6 is 0 Å². The van der Waals surface area contributed by atoms with Crippen molar-refractivity contribution in [1.82, 2.24) is 4.90 Å². The van der Waals surface area contributed by atoms with E-state index in [1.165, 1.54) is 23.1 Å². The summed E-state index contributed by atoms with van der Waals surface area (Å²) in [6.07, 6.45) is 0.0891. The molecule has 0 saturated carbocycles. The van der Waals surface area contributed by atoms with Crippen LogP contribution in [0.3, 0.4) is 0 Å². The fraction of sp³-hybridized carbons (Fsp3) is 0.529. The molecular formula is C17H26N4O4S. The van der Waals surface area contributed by atoms with Gasteiger partial charge >= 0.3 is 0 Å². The Hall–Kier alpha value is -1.97. The summed E-state index contributed by atoms with van der Waals surface area (Å²) in [5, 5.41) is 5.14. The Morgan fingerprint density at radius 1 is 1.38 bits per heavy atom. The van der Waals surface area contributed by atoms with Crippen molar-refractivity contribution in [3.8, 4) is 0 Å². The fourth-order valence-corrected chi connectivity index (χ4v) is 3.60. The van der Waals surface area contributed by atoms with Crippen molar-refractivity contribution in [2.75, 3.05) is 31.6 Å². The van der Waals surface area contributed by atoms with E-state index < -0.39 is 15.9 Å². The van der Waals surface area contributed by atoms with Crippen LogP contribution in [0.25, 0.3) is 0 Å². The Bertz CT molecular complexity index is 807. The van der Waals surface area contributed by atoms with Crippen molar-refractivity contribution >= 4 is 27.5 Å². The van der Waals surface area contributed by atoms with Gasteiger partial charge in [0.05, 0.1) is 10.8 Å². The molecule has 1 aromatic rings. The van der Waals surface area contributed by atoms with Gasteiger partial charge in [0, 0.05) is 32.2 Å². The highest BCUT2D eigenvalue weighted by atomic mass is 32.2. The molecule has 1 heterocycles. The molecule has 2 amide bonds. The number of hydrogen-bond acceptors (Lipinski definition) is 5. The van der Waals surface area contributed by atoms with Gasteiger partial charge in [-0.2, -0.15) is 0 Å². The first-order valence-electron chi connectivity index (χ1n) is 8.33. The second-order valence-electron chi connectivity index (χ2n) is 7.51. The van der Waals surface area contributed by atoms with Crippen molar-refractivity contribution in [2.45, 2.75) is 25.2 Å². The van der Waals surface area contributed by atoms with Crippen LogP contribution < -0.4 is 15.8 Å². The maximum absolute atomic E-state index is 12.7. The lowest BCUT2D eigenvalue weighted by Crippen LogP contribution is -2.42. The molecule has 1 atom stereocenters. The molecule has 144 valence electrons. The Morgan fingerprint density at radius 3 is 2.62 bits per heavy atom. The van der Waals surface area contributed by atoms with Crippen molar-refractivity contribution in [2.24, 2.45) is 22.2 Å². The minimum absolute atomic E-state index is 0.0700. The number of anilines is 1. The molecule has 0 radical (unpaired) electrons. The highest BCUT2D eigenvalue weighted by molar-refractivity contribution is 7.89. The number of sulfonamides is 1. The highest BCUT2D eigenvalue weighted by Crippen LogP contribution is 2.28. The predicted octanol–water partition coefficient (Wildman–Crippen LogP) is 0.130. The zero-order valence-corrected chi connectivity index (χ0v) is 16.1. The highest BCUT2D eigenvalue weighted by Gasteiger charge is 2.37. The molecule has 1 unspecified atom stereocenters. The number of primary sulfonamides is 1. The Kier molecular flexibility index (Phi) is 5.74. The van der Waals surface area contributed by atoms with Gasteiger partial charge in [0.1, 0.15) is 0 Å². The van der Waals surface area contributed by atoms with Crippen LogP contribution in [0.2, 0.25) is 0 Å². The van der Waals surface area contributed by atoms with Crippen molar-refractivity contribution in [3.63, 3.8) is 0 Å². The zero-order valence-electron chi connectivity index (χ0n) is 15.3. The molecule has 1 fully saturated rings. The summed E-state index contributed by atoms with van der Waals surface area (Å²) < 4.78 is 23.0.